The summed E-state index contributed by atoms with van der Waals surface area (Å²) in [5.74, 6) is -0.861. The van der Waals surface area contributed by atoms with Crippen molar-refractivity contribution >= 4 is 50.7 Å². The van der Waals surface area contributed by atoms with Crippen LogP contribution < -0.4 is 9.62 Å². The first-order chi connectivity index (χ1) is 22.0. The molecule has 242 valence electrons. The highest BCUT2D eigenvalue weighted by molar-refractivity contribution is 7.92. The van der Waals surface area contributed by atoms with Crippen LogP contribution in [-0.4, -0.2) is 44.3 Å². The van der Waals surface area contributed by atoms with Crippen LogP contribution in [0.15, 0.2) is 102 Å². The van der Waals surface area contributed by atoms with Gasteiger partial charge in [-0.1, -0.05) is 96.7 Å². The smallest absolute Gasteiger partial charge is 0.264 e. The van der Waals surface area contributed by atoms with Gasteiger partial charge in [0.2, 0.25) is 11.8 Å². The average molecular weight is 681 g/mol. The van der Waals surface area contributed by atoms with Crippen LogP contribution in [0.3, 0.4) is 0 Å². The summed E-state index contributed by atoms with van der Waals surface area (Å²) in [5.41, 5.74) is 3.36. The zero-order valence-corrected chi connectivity index (χ0v) is 28.6. The van der Waals surface area contributed by atoms with Crippen molar-refractivity contribution in [1.29, 1.82) is 0 Å². The highest BCUT2D eigenvalue weighted by Crippen LogP contribution is 2.30. The number of carbonyl (C=O) groups excluding carboxylic acids is 2. The number of hydrogen-bond donors (Lipinski definition) is 1. The summed E-state index contributed by atoms with van der Waals surface area (Å²) >= 11 is 12.6. The second kappa shape index (κ2) is 16.1. The van der Waals surface area contributed by atoms with Gasteiger partial charge in [-0.05, 0) is 79.4 Å². The first-order valence-electron chi connectivity index (χ1n) is 15.2. The summed E-state index contributed by atoms with van der Waals surface area (Å²) in [6.45, 7) is 5.59. The Balaban J connectivity index is 1.81. The molecule has 0 aromatic heterocycles. The van der Waals surface area contributed by atoms with Crippen molar-refractivity contribution in [3.05, 3.63) is 129 Å². The van der Waals surface area contributed by atoms with Gasteiger partial charge in [-0.3, -0.25) is 13.9 Å². The zero-order chi connectivity index (χ0) is 33.3. The minimum atomic E-state index is -4.22. The van der Waals surface area contributed by atoms with E-state index >= 15 is 0 Å². The fourth-order valence-electron chi connectivity index (χ4n) is 5.14. The molecule has 0 unspecified atom stereocenters. The summed E-state index contributed by atoms with van der Waals surface area (Å²) < 4.78 is 29.6. The van der Waals surface area contributed by atoms with Gasteiger partial charge in [-0.15, -0.1) is 0 Å². The van der Waals surface area contributed by atoms with E-state index in [1.54, 1.807) is 55.5 Å². The Bertz CT molecular complexity index is 1750. The topological polar surface area (TPSA) is 86.8 Å². The van der Waals surface area contributed by atoms with E-state index < -0.39 is 28.5 Å². The molecule has 0 radical (unpaired) electrons. The Morgan fingerprint density at radius 2 is 1.50 bits per heavy atom. The summed E-state index contributed by atoms with van der Waals surface area (Å²) in [4.78, 5) is 29.9. The third-order valence-electron chi connectivity index (χ3n) is 7.66. The molecule has 0 heterocycles. The van der Waals surface area contributed by atoms with Gasteiger partial charge < -0.3 is 10.2 Å². The lowest BCUT2D eigenvalue weighted by atomic mass is 10.0. The number of benzene rings is 4. The number of halogens is 2. The van der Waals surface area contributed by atoms with Crippen molar-refractivity contribution in [3.8, 4) is 0 Å². The second-order valence-corrected chi connectivity index (χ2v) is 14.0. The first kappa shape index (κ1) is 35.0. The molecule has 46 heavy (non-hydrogen) atoms. The Hall–Kier alpha value is -3.85. The molecule has 7 nitrogen and oxygen atoms in total. The summed E-state index contributed by atoms with van der Waals surface area (Å²) in [7, 11) is -4.22. The van der Waals surface area contributed by atoms with E-state index in [4.69, 9.17) is 23.2 Å². The largest absolute Gasteiger partial charge is 0.354 e. The molecule has 0 fully saturated rings. The van der Waals surface area contributed by atoms with Gasteiger partial charge in [0.15, 0.2) is 0 Å². The number of hydrogen-bond acceptors (Lipinski definition) is 4. The van der Waals surface area contributed by atoms with Gasteiger partial charge in [0.1, 0.15) is 12.6 Å². The Labute approximate surface area is 282 Å². The Morgan fingerprint density at radius 1 is 0.826 bits per heavy atom. The van der Waals surface area contributed by atoms with Crippen LogP contribution in [0.25, 0.3) is 0 Å². The molecular formula is C36H39Cl2N3O4S. The Kier molecular flexibility index (Phi) is 12.3. The van der Waals surface area contributed by atoms with Crippen LogP contribution in [0.2, 0.25) is 10.0 Å². The molecule has 2 amide bonds. The third-order valence-corrected chi connectivity index (χ3v) is 9.90. The number of amides is 2. The number of unbranched alkanes of at least 4 members (excludes halogenated alkanes) is 1. The maximum Gasteiger partial charge on any atom is 0.264 e. The lowest BCUT2D eigenvalue weighted by Crippen LogP contribution is -2.53. The van der Waals surface area contributed by atoms with E-state index in [1.165, 1.54) is 17.0 Å². The van der Waals surface area contributed by atoms with Crippen molar-refractivity contribution in [3.63, 3.8) is 0 Å². The third kappa shape index (κ3) is 9.12. The highest BCUT2D eigenvalue weighted by atomic mass is 35.5. The quantitative estimate of drug-likeness (QED) is 0.141. The van der Waals surface area contributed by atoms with E-state index in [9.17, 15) is 18.0 Å². The minimum Gasteiger partial charge on any atom is -0.354 e. The van der Waals surface area contributed by atoms with Crippen LogP contribution >= 0.6 is 23.2 Å². The van der Waals surface area contributed by atoms with Crippen LogP contribution in [0.5, 0.6) is 0 Å². The second-order valence-electron chi connectivity index (χ2n) is 11.3. The fourth-order valence-corrected chi connectivity index (χ4v) is 7.06. The lowest BCUT2D eigenvalue weighted by Gasteiger charge is -2.34. The zero-order valence-electron chi connectivity index (χ0n) is 26.2. The number of nitrogens with zero attached hydrogens (tertiary/aromatic N) is 2. The monoisotopic (exact) mass is 679 g/mol. The van der Waals surface area contributed by atoms with Crippen LogP contribution in [0.1, 0.15) is 42.0 Å². The number of aryl methyl sites for hydroxylation is 2. The Morgan fingerprint density at radius 3 is 2.15 bits per heavy atom. The highest BCUT2D eigenvalue weighted by Gasteiger charge is 2.35. The van der Waals surface area contributed by atoms with E-state index in [0.29, 0.717) is 33.4 Å². The first-order valence-corrected chi connectivity index (χ1v) is 17.4. The van der Waals surface area contributed by atoms with Crippen molar-refractivity contribution in [2.24, 2.45) is 0 Å². The molecule has 1 atom stereocenters. The number of nitrogens with one attached hydrogen (secondary N) is 1. The van der Waals surface area contributed by atoms with Gasteiger partial charge >= 0.3 is 0 Å². The number of rotatable bonds is 14. The van der Waals surface area contributed by atoms with Crippen molar-refractivity contribution in [1.82, 2.24) is 10.2 Å². The summed E-state index contributed by atoms with van der Waals surface area (Å²) in [6.07, 6.45) is 1.90. The van der Waals surface area contributed by atoms with Gasteiger partial charge in [0.05, 0.1) is 10.6 Å². The normalized spacial score (nSPS) is 11.9. The maximum absolute atomic E-state index is 14.6. The van der Waals surface area contributed by atoms with Crippen LogP contribution in [0.4, 0.5) is 5.69 Å². The van der Waals surface area contributed by atoms with Gasteiger partial charge in [-0.2, -0.15) is 0 Å². The van der Waals surface area contributed by atoms with Crippen molar-refractivity contribution in [2.45, 2.75) is 57.5 Å². The van der Waals surface area contributed by atoms with E-state index in [0.717, 1.165) is 28.3 Å². The average Bonchev–Trinajstić information content (AvgIpc) is 3.02. The lowest BCUT2D eigenvalue weighted by molar-refractivity contribution is -0.140. The fraction of sp³-hybridized carbons (Fsp3) is 0.278. The van der Waals surface area contributed by atoms with E-state index in [1.807, 2.05) is 50.2 Å². The van der Waals surface area contributed by atoms with Gasteiger partial charge in [-0.25, -0.2) is 8.42 Å². The van der Waals surface area contributed by atoms with Crippen LogP contribution in [-0.2, 0) is 32.6 Å². The van der Waals surface area contributed by atoms with Crippen LogP contribution in [0, 0.1) is 13.8 Å². The molecule has 4 rings (SSSR count). The molecule has 0 saturated heterocycles. The minimum absolute atomic E-state index is 0.0378. The predicted octanol–water partition coefficient (Wildman–Crippen LogP) is 7.36. The van der Waals surface area contributed by atoms with Crippen molar-refractivity contribution in [2.75, 3.05) is 17.4 Å². The molecule has 4 aromatic rings. The van der Waals surface area contributed by atoms with Gasteiger partial charge in [0.25, 0.3) is 10.0 Å². The molecule has 0 aliphatic heterocycles. The SMILES string of the molecule is CCCCNC(=O)[C@H](Cc1ccccc1)N(Cc1cccc(Cl)c1)C(=O)CN(c1ccc(Cl)cc1C)S(=O)(=O)c1ccc(C)cc1. The predicted molar refractivity (Wildman–Crippen MR) is 186 cm³/mol. The molecule has 10 heteroatoms. The molecule has 0 aliphatic carbocycles. The van der Waals surface area contributed by atoms with E-state index in [-0.39, 0.29) is 23.8 Å². The molecule has 0 saturated carbocycles. The number of anilines is 1. The molecule has 0 bridgehead atoms. The standard InChI is InChI=1S/C36H39Cl2N3O4S/c1-4-5-20-39-36(43)34(23-28-10-7-6-8-11-28)40(24-29-12-9-13-30(37)22-29)35(42)25-41(33-19-16-31(38)21-27(33)3)46(44,45)32-17-14-26(2)15-18-32/h6-19,21-22,34H,4-5,20,23-25H2,1-3H3,(H,39,43)/t34-/m0/s1. The summed E-state index contributed by atoms with van der Waals surface area (Å²) in [6, 6.07) is 26.9. The van der Waals surface area contributed by atoms with Crippen molar-refractivity contribution < 1.29 is 18.0 Å². The van der Waals surface area contributed by atoms with E-state index in [2.05, 4.69) is 5.32 Å². The number of carbonyl (C=O) groups is 2. The molecule has 4 aromatic carbocycles. The van der Waals surface area contributed by atoms with Gasteiger partial charge in [0, 0.05) is 29.6 Å². The molecule has 1 N–H and O–H groups in total. The summed E-state index contributed by atoms with van der Waals surface area (Å²) in [5, 5.41) is 3.92. The number of sulfonamides is 1. The molecule has 0 spiro atoms. The molecule has 0 aliphatic rings. The maximum atomic E-state index is 14.6. The molecular weight excluding hydrogens is 641 g/mol.